The summed E-state index contributed by atoms with van der Waals surface area (Å²) in [6.45, 7) is 4.38. The molecular weight excluding hydrogens is 335 g/mol. The maximum Gasteiger partial charge on any atom is 0.118 e. The molecule has 1 fully saturated rings. The zero-order valence-electron chi connectivity index (χ0n) is 16.4. The third-order valence-electron chi connectivity index (χ3n) is 7.04. The number of benzene rings is 1. The molecule has 1 aromatic carbocycles. The number of likely N-dealkylation sites (N-methyl/N-ethyl adjacent to an activating group) is 1. The Bertz CT molecular complexity index is 935. The van der Waals surface area contributed by atoms with E-state index >= 15 is 0 Å². The van der Waals surface area contributed by atoms with Gasteiger partial charge in [-0.25, -0.2) is 4.39 Å². The van der Waals surface area contributed by atoms with Gasteiger partial charge in [-0.3, -0.25) is 0 Å². The van der Waals surface area contributed by atoms with E-state index in [0.29, 0.717) is 17.9 Å². The quantitative estimate of drug-likeness (QED) is 0.663. The lowest BCUT2D eigenvalue weighted by molar-refractivity contribution is 0.280. The average Bonchev–Trinajstić information content (AvgIpc) is 3.24. The van der Waals surface area contributed by atoms with E-state index in [2.05, 4.69) is 47.7 Å². The first-order valence-electron chi connectivity index (χ1n) is 10.5. The third kappa shape index (κ3) is 2.87. The van der Waals surface area contributed by atoms with Gasteiger partial charge < -0.3 is 9.47 Å². The smallest absolute Gasteiger partial charge is 0.118 e. The molecule has 2 heterocycles. The fourth-order valence-corrected chi connectivity index (χ4v) is 5.74. The van der Waals surface area contributed by atoms with Crippen LogP contribution in [0.15, 0.2) is 42.3 Å². The van der Waals surface area contributed by atoms with Crippen molar-refractivity contribution < 1.29 is 4.39 Å². The second-order valence-corrected chi connectivity index (χ2v) is 8.81. The van der Waals surface area contributed by atoms with E-state index in [1.165, 1.54) is 35.7 Å². The van der Waals surface area contributed by atoms with Crippen LogP contribution in [0.25, 0.3) is 10.9 Å². The number of halogens is 1. The van der Waals surface area contributed by atoms with Crippen LogP contribution in [0.2, 0.25) is 0 Å². The highest BCUT2D eigenvalue weighted by Crippen LogP contribution is 2.47. The Balaban J connectivity index is 1.61. The van der Waals surface area contributed by atoms with E-state index in [9.17, 15) is 4.39 Å². The molecule has 0 radical (unpaired) electrons. The summed E-state index contributed by atoms with van der Waals surface area (Å²) in [5.74, 6) is 1.02. The Kier molecular flexibility index (Phi) is 4.23. The molecule has 27 heavy (non-hydrogen) atoms. The van der Waals surface area contributed by atoms with Gasteiger partial charge in [0.05, 0.1) is 0 Å². The van der Waals surface area contributed by atoms with Gasteiger partial charge in [0.15, 0.2) is 0 Å². The van der Waals surface area contributed by atoms with Crippen LogP contribution in [-0.4, -0.2) is 23.1 Å². The van der Waals surface area contributed by atoms with Gasteiger partial charge in [-0.05, 0) is 74.9 Å². The number of allylic oxidation sites excluding steroid dienone is 4. The Morgan fingerprint density at radius 2 is 2.07 bits per heavy atom. The predicted molar refractivity (Wildman–Crippen MR) is 110 cm³/mol. The van der Waals surface area contributed by atoms with Gasteiger partial charge in [-0.2, -0.15) is 0 Å². The maximum absolute atomic E-state index is 13.5. The Labute approximate surface area is 161 Å². The highest BCUT2D eigenvalue weighted by Gasteiger charge is 2.37. The number of hydrogen-bond acceptors (Lipinski definition) is 1. The highest BCUT2D eigenvalue weighted by atomic mass is 19.1. The fourth-order valence-electron chi connectivity index (χ4n) is 5.74. The monoisotopic (exact) mass is 364 g/mol. The van der Waals surface area contributed by atoms with Crippen LogP contribution < -0.4 is 0 Å². The molecule has 1 aromatic heterocycles. The summed E-state index contributed by atoms with van der Waals surface area (Å²) in [7, 11) is 2.23. The van der Waals surface area contributed by atoms with Crippen LogP contribution in [0.4, 0.5) is 4.39 Å². The maximum atomic E-state index is 13.5. The Hall–Kier alpha value is -1.87. The van der Waals surface area contributed by atoms with Crippen molar-refractivity contribution in [3.05, 3.63) is 59.1 Å². The van der Waals surface area contributed by atoms with Gasteiger partial charge in [0.2, 0.25) is 0 Å². The lowest BCUT2D eigenvalue weighted by Crippen LogP contribution is -2.29. The summed E-state index contributed by atoms with van der Waals surface area (Å²) >= 11 is 0. The molecule has 0 amide bonds. The first-order valence-corrected chi connectivity index (χ1v) is 10.5. The van der Waals surface area contributed by atoms with E-state index in [4.69, 9.17) is 0 Å². The number of fused-ring (bicyclic) bond motifs is 3. The van der Waals surface area contributed by atoms with Crippen LogP contribution in [0.1, 0.15) is 48.5 Å². The summed E-state index contributed by atoms with van der Waals surface area (Å²) in [4.78, 5) is 2.44. The summed E-state index contributed by atoms with van der Waals surface area (Å²) < 4.78 is 16.2. The molecular formula is C24H29FN2. The second-order valence-electron chi connectivity index (χ2n) is 8.81. The normalized spacial score (nSPS) is 28.6. The van der Waals surface area contributed by atoms with Gasteiger partial charge >= 0.3 is 0 Å². The van der Waals surface area contributed by atoms with E-state index in [1.54, 1.807) is 23.4 Å². The minimum Gasteiger partial charge on any atom is -0.341 e. The van der Waals surface area contributed by atoms with Crippen LogP contribution in [0, 0.1) is 18.8 Å². The molecule has 3 aliphatic rings. The molecule has 3 heteroatoms. The van der Waals surface area contributed by atoms with Crippen LogP contribution >= 0.6 is 0 Å². The topological polar surface area (TPSA) is 8.17 Å². The molecule has 0 N–H and O–H groups in total. The van der Waals surface area contributed by atoms with E-state index in [0.717, 1.165) is 25.9 Å². The molecule has 142 valence electrons. The lowest BCUT2D eigenvalue weighted by atomic mass is 9.83. The van der Waals surface area contributed by atoms with Crippen molar-refractivity contribution >= 4 is 10.9 Å². The predicted octanol–water partition coefficient (Wildman–Crippen LogP) is 5.71. The number of rotatable bonds is 2. The molecule has 5 rings (SSSR count). The minimum absolute atomic E-state index is 0.0666. The fraction of sp³-hybridized carbons (Fsp3) is 0.500. The van der Waals surface area contributed by atoms with Gasteiger partial charge in [0, 0.05) is 42.1 Å². The van der Waals surface area contributed by atoms with Crippen molar-refractivity contribution in [2.45, 2.75) is 51.6 Å². The summed E-state index contributed by atoms with van der Waals surface area (Å²) in [5.41, 5.74) is 5.86. The highest BCUT2D eigenvalue weighted by molar-refractivity contribution is 5.86. The zero-order valence-corrected chi connectivity index (χ0v) is 16.4. The standard InChI is InChI=1S/C24H29FN2/c1-16-6-11-23-20(14-16)21-15-26(2)13-12-24(21)27(23)22-5-3-4-19(22)17-7-9-18(25)10-8-17/h6-7,9-11,14,17,19,22H,3-5,8,12-13,15H2,1-2H3/t17?,19-,22-/m0/s1. The van der Waals surface area contributed by atoms with Crippen molar-refractivity contribution in [3.63, 3.8) is 0 Å². The number of nitrogens with zero attached hydrogens (tertiary/aromatic N) is 2. The first kappa shape index (κ1) is 17.2. The Morgan fingerprint density at radius 1 is 1.19 bits per heavy atom. The summed E-state index contributed by atoms with van der Waals surface area (Å²) in [6.07, 6.45) is 11.4. The molecule has 2 aliphatic carbocycles. The molecule has 0 spiro atoms. The Morgan fingerprint density at radius 3 is 2.89 bits per heavy atom. The summed E-state index contributed by atoms with van der Waals surface area (Å²) in [6, 6.07) is 7.53. The van der Waals surface area contributed by atoms with Crippen LogP contribution in [0.5, 0.6) is 0 Å². The van der Waals surface area contributed by atoms with Crippen molar-refractivity contribution in [1.29, 1.82) is 0 Å². The molecule has 1 aliphatic heterocycles. The van der Waals surface area contributed by atoms with Crippen LogP contribution in [0.3, 0.4) is 0 Å². The van der Waals surface area contributed by atoms with E-state index in [-0.39, 0.29) is 5.83 Å². The average molecular weight is 365 g/mol. The van der Waals surface area contributed by atoms with Crippen LogP contribution in [-0.2, 0) is 13.0 Å². The van der Waals surface area contributed by atoms with Crippen molar-refractivity contribution in [2.24, 2.45) is 11.8 Å². The van der Waals surface area contributed by atoms with Gasteiger partial charge in [0.25, 0.3) is 0 Å². The van der Waals surface area contributed by atoms with Gasteiger partial charge in [-0.1, -0.05) is 24.1 Å². The van der Waals surface area contributed by atoms with Crippen molar-refractivity contribution in [2.75, 3.05) is 13.6 Å². The number of hydrogen-bond donors (Lipinski definition) is 0. The lowest BCUT2D eigenvalue weighted by Gasteiger charge is -2.32. The SMILES string of the molecule is Cc1ccc2c(c1)c1c(n2[C@H]2CCC[C@H]2C2C=CC(F)=CC2)CCN(C)C1. The van der Waals surface area contributed by atoms with E-state index in [1.807, 2.05) is 0 Å². The number of aromatic nitrogens is 1. The minimum atomic E-state index is -0.0666. The largest absolute Gasteiger partial charge is 0.341 e. The first-order chi connectivity index (χ1) is 13.1. The molecule has 2 aromatic rings. The van der Waals surface area contributed by atoms with E-state index < -0.39 is 0 Å². The molecule has 0 bridgehead atoms. The molecule has 1 unspecified atom stereocenters. The number of aryl methyl sites for hydroxylation is 1. The second kappa shape index (κ2) is 6.63. The molecule has 3 atom stereocenters. The molecule has 2 nitrogen and oxygen atoms in total. The molecule has 1 saturated carbocycles. The van der Waals surface area contributed by atoms with Crippen molar-refractivity contribution in [3.8, 4) is 0 Å². The van der Waals surface area contributed by atoms with Gasteiger partial charge in [0.1, 0.15) is 5.83 Å². The van der Waals surface area contributed by atoms with Gasteiger partial charge in [-0.15, -0.1) is 0 Å². The third-order valence-corrected chi connectivity index (χ3v) is 7.04. The zero-order chi connectivity index (χ0) is 18.5. The molecule has 0 saturated heterocycles. The van der Waals surface area contributed by atoms with Crippen molar-refractivity contribution in [1.82, 2.24) is 9.47 Å². The summed E-state index contributed by atoms with van der Waals surface area (Å²) in [5, 5.41) is 1.45.